The Balaban J connectivity index is 1.62. The summed E-state index contributed by atoms with van der Waals surface area (Å²) in [7, 11) is -0.893. The van der Waals surface area contributed by atoms with Crippen LogP contribution in [0.3, 0.4) is 0 Å². The number of aliphatic hydroxyl groups excluding tert-OH is 1. The van der Waals surface area contributed by atoms with Crippen LogP contribution in [0.4, 0.5) is 16.2 Å². The highest BCUT2D eigenvalue weighted by atomic mass is 32.2. The van der Waals surface area contributed by atoms with Crippen molar-refractivity contribution in [1.82, 2.24) is 14.4 Å². The molecule has 13 nitrogen and oxygen atoms in total. The van der Waals surface area contributed by atoms with Crippen molar-refractivity contribution in [3.8, 4) is 11.5 Å². The number of nitrogens with zero attached hydrogens (tertiary/aromatic N) is 3. The number of ether oxygens (including phenoxy) is 2. The van der Waals surface area contributed by atoms with Crippen LogP contribution in [0.2, 0.25) is 0 Å². The molecular formula is C30H39N5O8S. The summed E-state index contributed by atoms with van der Waals surface area (Å²) in [5.74, 6) is 0.838. The molecule has 1 aromatic heterocycles. The van der Waals surface area contributed by atoms with Gasteiger partial charge in [0.2, 0.25) is 15.9 Å². The fourth-order valence-electron chi connectivity index (χ4n) is 4.94. The quantitative estimate of drug-likeness (QED) is 0.322. The van der Waals surface area contributed by atoms with Gasteiger partial charge in [0.15, 0.2) is 5.76 Å². The molecule has 2 heterocycles. The second-order valence-electron chi connectivity index (χ2n) is 10.9. The number of aliphatic hydroxyl groups is 1. The van der Waals surface area contributed by atoms with Crippen LogP contribution >= 0.6 is 0 Å². The van der Waals surface area contributed by atoms with Gasteiger partial charge in [-0.1, -0.05) is 12.1 Å². The number of nitrogens with one attached hydrogen (secondary N) is 2. The van der Waals surface area contributed by atoms with Crippen molar-refractivity contribution in [2.75, 3.05) is 44.5 Å². The molecule has 2 aromatic carbocycles. The van der Waals surface area contributed by atoms with Gasteiger partial charge < -0.3 is 34.6 Å². The average molecular weight is 630 g/mol. The van der Waals surface area contributed by atoms with Gasteiger partial charge in [0.25, 0.3) is 0 Å². The zero-order valence-corrected chi connectivity index (χ0v) is 26.5. The number of fused-ring (bicyclic) bond motifs is 1. The minimum Gasteiger partial charge on any atom is -0.497 e. The summed E-state index contributed by atoms with van der Waals surface area (Å²) in [6.45, 7) is 7.00. The van der Waals surface area contributed by atoms with E-state index >= 15 is 0 Å². The third kappa shape index (κ3) is 7.31. The molecule has 238 valence electrons. The van der Waals surface area contributed by atoms with Crippen molar-refractivity contribution >= 4 is 33.3 Å². The number of rotatable bonds is 9. The van der Waals surface area contributed by atoms with Crippen LogP contribution in [0.1, 0.15) is 30.9 Å². The van der Waals surface area contributed by atoms with E-state index < -0.39 is 28.2 Å². The van der Waals surface area contributed by atoms with Gasteiger partial charge in [-0.2, -0.15) is 4.31 Å². The highest BCUT2D eigenvalue weighted by Gasteiger charge is 2.33. The molecule has 14 heteroatoms. The van der Waals surface area contributed by atoms with Gasteiger partial charge >= 0.3 is 6.03 Å². The Kier molecular flexibility index (Phi) is 10.2. The van der Waals surface area contributed by atoms with Gasteiger partial charge in [0, 0.05) is 30.8 Å². The molecule has 0 radical (unpaired) electrons. The summed E-state index contributed by atoms with van der Waals surface area (Å²) in [6.07, 6.45) is -0.715. The Morgan fingerprint density at radius 1 is 1.20 bits per heavy atom. The predicted octanol–water partition coefficient (Wildman–Crippen LogP) is 3.41. The van der Waals surface area contributed by atoms with E-state index in [9.17, 15) is 23.1 Å². The van der Waals surface area contributed by atoms with Crippen LogP contribution < -0.4 is 20.1 Å². The zero-order valence-electron chi connectivity index (χ0n) is 25.7. The minimum absolute atomic E-state index is 0.00957. The van der Waals surface area contributed by atoms with Crippen LogP contribution in [-0.4, -0.2) is 85.8 Å². The summed E-state index contributed by atoms with van der Waals surface area (Å²) in [6, 6.07) is 10.1. The van der Waals surface area contributed by atoms with E-state index in [0.717, 1.165) is 0 Å². The first-order valence-electron chi connectivity index (χ1n) is 14.1. The van der Waals surface area contributed by atoms with Crippen molar-refractivity contribution in [2.45, 2.75) is 51.2 Å². The Morgan fingerprint density at radius 3 is 2.52 bits per heavy atom. The van der Waals surface area contributed by atoms with Crippen molar-refractivity contribution < 1.29 is 37.1 Å². The molecule has 0 saturated heterocycles. The summed E-state index contributed by atoms with van der Waals surface area (Å²) < 4.78 is 44.8. The third-order valence-corrected chi connectivity index (χ3v) is 9.49. The number of aromatic nitrogens is 1. The molecule has 4 rings (SSSR count). The van der Waals surface area contributed by atoms with Gasteiger partial charge in [-0.3, -0.25) is 4.79 Å². The third-order valence-electron chi connectivity index (χ3n) is 7.65. The highest BCUT2D eigenvalue weighted by molar-refractivity contribution is 7.89. The number of sulfonamides is 1. The Labute approximate surface area is 257 Å². The number of urea groups is 1. The average Bonchev–Trinajstić information content (AvgIpc) is 3.33. The van der Waals surface area contributed by atoms with Gasteiger partial charge in [0.05, 0.1) is 37.6 Å². The fourth-order valence-corrected chi connectivity index (χ4v) is 6.12. The molecule has 0 bridgehead atoms. The lowest BCUT2D eigenvalue weighted by molar-refractivity contribution is -0.134. The highest BCUT2D eigenvalue weighted by Crippen LogP contribution is 2.30. The normalized spacial score (nSPS) is 18.0. The van der Waals surface area contributed by atoms with Gasteiger partial charge in [-0.25, -0.2) is 13.2 Å². The maximum atomic E-state index is 13.5. The predicted molar refractivity (Wildman–Crippen MR) is 163 cm³/mol. The summed E-state index contributed by atoms with van der Waals surface area (Å²) in [5.41, 5.74) is 1.90. The number of aryl methyl sites for hydroxylation is 2. The maximum Gasteiger partial charge on any atom is 0.323 e. The van der Waals surface area contributed by atoms with E-state index in [1.807, 2.05) is 6.92 Å². The molecule has 3 aromatic rings. The fraction of sp³-hybridized carbons (Fsp3) is 0.433. The molecule has 0 saturated carbocycles. The van der Waals surface area contributed by atoms with Gasteiger partial charge in [0.1, 0.15) is 29.0 Å². The number of amides is 3. The number of carbonyl (C=O) groups is 2. The molecule has 0 aliphatic carbocycles. The Hall–Kier alpha value is -4.14. The monoisotopic (exact) mass is 629 g/mol. The molecule has 3 N–H and O–H groups in total. The molecule has 3 amide bonds. The van der Waals surface area contributed by atoms with Crippen LogP contribution in [0.25, 0.3) is 0 Å². The number of likely N-dealkylation sites (N-methyl/N-ethyl adjacent to an activating group) is 1. The molecule has 44 heavy (non-hydrogen) atoms. The standard InChI is InChI=1S/C30H39N5O8S/c1-18-15-35(19(2)17-36)28(37)14-22-13-23(31-30(38)32-29-20(3)33-43-21(29)4)7-12-26(22)42-27(18)16-34(5)44(39,40)25-10-8-24(41-6)9-11-25/h7-13,18-19,27,36H,14-17H2,1-6H3,(H2,31,32,38)/t18-,19-,27+/m0/s1. The molecule has 1 aliphatic rings. The van der Waals surface area contributed by atoms with E-state index in [0.29, 0.717) is 39.9 Å². The number of hydrogen-bond acceptors (Lipinski definition) is 9. The second kappa shape index (κ2) is 13.7. The zero-order chi connectivity index (χ0) is 32.2. The molecule has 0 spiro atoms. The summed E-state index contributed by atoms with van der Waals surface area (Å²) >= 11 is 0. The van der Waals surface area contributed by atoms with E-state index in [1.54, 1.807) is 56.0 Å². The van der Waals surface area contributed by atoms with E-state index in [1.165, 1.54) is 30.6 Å². The second-order valence-corrected chi connectivity index (χ2v) is 13.0. The SMILES string of the molecule is COc1ccc(S(=O)(=O)N(C)C[C@H]2Oc3ccc(NC(=O)Nc4c(C)noc4C)cc3CC(=O)N([C@@H](C)CO)C[C@@H]2C)cc1. The maximum absolute atomic E-state index is 13.5. The van der Waals surface area contributed by atoms with Gasteiger partial charge in [-0.15, -0.1) is 0 Å². The van der Waals surface area contributed by atoms with Crippen molar-refractivity contribution in [1.29, 1.82) is 0 Å². The summed E-state index contributed by atoms with van der Waals surface area (Å²) in [5, 5.41) is 19.2. The van der Waals surface area contributed by atoms with Gasteiger partial charge in [-0.05, 0) is 63.2 Å². The first-order chi connectivity index (χ1) is 20.8. The van der Waals surface area contributed by atoms with Crippen LogP contribution in [0, 0.1) is 19.8 Å². The Bertz CT molecular complexity index is 1570. The molecular weight excluding hydrogens is 590 g/mol. The summed E-state index contributed by atoms with van der Waals surface area (Å²) in [4.78, 5) is 27.9. The number of methoxy groups -OCH3 is 1. The lowest BCUT2D eigenvalue weighted by Gasteiger charge is -2.33. The van der Waals surface area contributed by atoms with E-state index in [4.69, 9.17) is 14.0 Å². The van der Waals surface area contributed by atoms with Crippen LogP contribution in [-0.2, 0) is 21.2 Å². The lowest BCUT2D eigenvalue weighted by Crippen LogP contribution is -2.48. The van der Waals surface area contributed by atoms with Crippen molar-refractivity contribution in [2.24, 2.45) is 5.92 Å². The number of benzene rings is 2. The topological polar surface area (TPSA) is 164 Å². The molecule has 0 fully saturated rings. The number of carbonyl (C=O) groups excluding carboxylic acids is 2. The van der Waals surface area contributed by atoms with Crippen LogP contribution in [0.5, 0.6) is 11.5 Å². The van der Waals surface area contributed by atoms with Crippen LogP contribution in [0.15, 0.2) is 51.9 Å². The lowest BCUT2D eigenvalue weighted by atomic mass is 10.0. The first-order valence-corrected chi connectivity index (χ1v) is 15.6. The minimum atomic E-state index is -3.88. The Morgan fingerprint density at radius 2 is 1.91 bits per heavy atom. The number of hydrogen-bond donors (Lipinski definition) is 3. The molecule has 0 unspecified atom stereocenters. The number of anilines is 2. The smallest absolute Gasteiger partial charge is 0.323 e. The molecule has 1 aliphatic heterocycles. The molecule has 3 atom stereocenters. The van der Waals surface area contributed by atoms with E-state index in [2.05, 4.69) is 15.8 Å². The largest absolute Gasteiger partial charge is 0.497 e. The van der Waals surface area contributed by atoms with Crippen molar-refractivity contribution in [3.05, 3.63) is 59.5 Å². The van der Waals surface area contributed by atoms with E-state index in [-0.39, 0.29) is 42.8 Å². The van der Waals surface area contributed by atoms with Crippen molar-refractivity contribution in [3.63, 3.8) is 0 Å². The first kappa shape index (κ1) is 32.8.